The Morgan fingerprint density at radius 1 is 1.06 bits per heavy atom. The molecule has 162 valence electrons. The molecule has 1 heterocycles. The highest BCUT2D eigenvalue weighted by molar-refractivity contribution is 7.90. The molecule has 1 aromatic heterocycles. The molecule has 0 saturated heterocycles. The summed E-state index contributed by atoms with van der Waals surface area (Å²) in [7, 11) is -4.16. The number of nitrogens with one attached hydrogen (secondary N) is 1. The highest BCUT2D eigenvalue weighted by atomic mass is 32.2. The first-order chi connectivity index (χ1) is 14.4. The number of halogens is 1. The molecule has 0 unspecified atom stereocenters. The van der Waals surface area contributed by atoms with Crippen molar-refractivity contribution in [1.29, 1.82) is 0 Å². The van der Waals surface area contributed by atoms with Crippen LogP contribution >= 0.6 is 0 Å². The Morgan fingerprint density at radius 2 is 1.77 bits per heavy atom. The molecule has 0 radical (unpaired) electrons. The summed E-state index contributed by atoms with van der Waals surface area (Å²) in [5.74, 6) is -1.31. The molecule has 0 bridgehead atoms. The van der Waals surface area contributed by atoms with E-state index in [0.717, 1.165) is 0 Å². The van der Waals surface area contributed by atoms with Gasteiger partial charge in [-0.15, -0.1) is 0 Å². The van der Waals surface area contributed by atoms with Crippen molar-refractivity contribution in [2.75, 3.05) is 5.73 Å². The van der Waals surface area contributed by atoms with Gasteiger partial charge in [0.15, 0.2) is 0 Å². The van der Waals surface area contributed by atoms with E-state index in [1.54, 1.807) is 31.2 Å². The summed E-state index contributed by atoms with van der Waals surface area (Å²) in [6.45, 7) is 7.50. The maximum absolute atomic E-state index is 14.2. The number of rotatable bonds is 4. The summed E-state index contributed by atoms with van der Waals surface area (Å²) in [6, 6.07) is 13.3. The van der Waals surface area contributed by atoms with Crippen molar-refractivity contribution >= 4 is 21.6 Å². The molecule has 0 aliphatic rings. The van der Waals surface area contributed by atoms with Crippen molar-refractivity contribution in [3.8, 4) is 11.3 Å². The number of aromatic nitrogens is 1. The van der Waals surface area contributed by atoms with E-state index in [0.29, 0.717) is 16.8 Å². The fourth-order valence-corrected chi connectivity index (χ4v) is 3.96. The Morgan fingerprint density at radius 3 is 2.39 bits per heavy atom. The van der Waals surface area contributed by atoms with Crippen LogP contribution in [-0.4, -0.2) is 19.3 Å². The first-order valence-electron chi connectivity index (χ1n) is 9.59. The van der Waals surface area contributed by atoms with Gasteiger partial charge in [0.25, 0.3) is 15.9 Å². The van der Waals surface area contributed by atoms with Crippen LogP contribution in [-0.2, 0) is 15.4 Å². The van der Waals surface area contributed by atoms with E-state index in [9.17, 15) is 17.6 Å². The van der Waals surface area contributed by atoms with Crippen molar-refractivity contribution in [3.63, 3.8) is 0 Å². The maximum atomic E-state index is 14.2. The highest BCUT2D eigenvalue weighted by Crippen LogP contribution is 2.28. The molecule has 1 amide bonds. The molecule has 8 heteroatoms. The molecule has 3 rings (SSSR count). The summed E-state index contributed by atoms with van der Waals surface area (Å²) in [5, 5.41) is 0. The minimum absolute atomic E-state index is 0.0173. The first kappa shape index (κ1) is 22.4. The Hall–Kier alpha value is -3.26. The van der Waals surface area contributed by atoms with Crippen LogP contribution in [0.5, 0.6) is 0 Å². The fourth-order valence-electron chi connectivity index (χ4n) is 2.94. The van der Waals surface area contributed by atoms with Crippen molar-refractivity contribution in [2.24, 2.45) is 0 Å². The molecule has 0 aliphatic carbocycles. The van der Waals surface area contributed by atoms with Crippen LogP contribution in [0.2, 0.25) is 0 Å². The predicted octanol–water partition coefficient (Wildman–Crippen LogP) is 4.19. The van der Waals surface area contributed by atoms with Gasteiger partial charge in [-0.2, -0.15) is 0 Å². The standard InChI is InChI=1S/C23H24FN3O3S/c1-14-8-9-15(12-19(14)24)21-18(10-11-20(26-21)23(2,3)4)22(28)27-31(29,30)17-7-5-6-16(25)13-17/h5-13H,25H2,1-4H3,(H,27,28). The quantitative estimate of drug-likeness (QED) is 0.591. The number of carbonyl (C=O) groups is 1. The third kappa shape index (κ3) is 4.91. The minimum atomic E-state index is -4.16. The second-order valence-electron chi connectivity index (χ2n) is 8.31. The predicted molar refractivity (Wildman–Crippen MR) is 119 cm³/mol. The number of anilines is 1. The third-order valence-electron chi connectivity index (χ3n) is 4.75. The van der Waals surface area contributed by atoms with Crippen LogP contribution in [0.25, 0.3) is 11.3 Å². The normalized spacial score (nSPS) is 11.9. The van der Waals surface area contributed by atoms with Crippen molar-refractivity contribution in [1.82, 2.24) is 9.71 Å². The Labute approximate surface area is 181 Å². The van der Waals surface area contributed by atoms with Crippen molar-refractivity contribution in [3.05, 3.63) is 77.2 Å². The first-order valence-corrected chi connectivity index (χ1v) is 11.1. The number of sulfonamides is 1. The number of nitrogen functional groups attached to an aromatic ring is 1. The van der Waals surface area contributed by atoms with E-state index in [1.165, 1.54) is 30.3 Å². The second-order valence-corrected chi connectivity index (χ2v) is 10.00. The molecule has 31 heavy (non-hydrogen) atoms. The Bertz CT molecular complexity index is 1270. The molecule has 0 atom stereocenters. The Balaban J connectivity index is 2.09. The molecule has 2 aromatic carbocycles. The van der Waals surface area contributed by atoms with Crippen LogP contribution in [0.1, 0.15) is 42.4 Å². The molecule has 6 nitrogen and oxygen atoms in total. The SMILES string of the molecule is Cc1ccc(-c2nc(C(C)(C)C)ccc2C(=O)NS(=O)(=O)c2cccc(N)c2)cc1F. The number of benzene rings is 2. The molecule has 3 N–H and O–H groups in total. The molecular formula is C23H24FN3O3S. The number of hydrogen-bond donors (Lipinski definition) is 2. The largest absolute Gasteiger partial charge is 0.399 e. The van der Waals surface area contributed by atoms with Crippen LogP contribution in [0.3, 0.4) is 0 Å². The Kier molecular flexibility index (Phi) is 5.87. The lowest BCUT2D eigenvalue weighted by Crippen LogP contribution is -2.31. The van der Waals surface area contributed by atoms with E-state index in [-0.39, 0.29) is 27.3 Å². The molecular weight excluding hydrogens is 417 g/mol. The van der Waals surface area contributed by atoms with E-state index in [4.69, 9.17) is 5.73 Å². The van der Waals surface area contributed by atoms with Gasteiger partial charge in [0.05, 0.1) is 16.2 Å². The van der Waals surface area contributed by atoms with Gasteiger partial charge in [-0.25, -0.2) is 17.5 Å². The number of amides is 1. The van der Waals surface area contributed by atoms with Gasteiger partial charge in [0, 0.05) is 22.4 Å². The van der Waals surface area contributed by atoms with Crippen molar-refractivity contribution in [2.45, 2.75) is 38.0 Å². The highest BCUT2D eigenvalue weighted by Gasteiger charge is 2.25. The number of hydrogen-bond acceptors (Lipinski definition) is 5. The van der Waals surface area contributed by atoms with E-state index >= 15 is 0 Å². The fraction of sp³-hybridized carbons (Fsp3) is 0.217. The molecule has 0 fully saturated rings. The second kappa shape index (κ2) is 8.11. The lowest BCUT2D eigenvalue weighted by atomic mass is 9.90. The molecule has 0 saturated carbocycles. The lowest BCUT2D eigenvalue weighted by Gasteiger charge is -2.20. The van der Waals surface area contributed by atoms with Gasteiger partial charge in [0.1, 0.15) is 5.82 Å². The number of aryl methyl sites for hydroxylation is 1. The number of nitrogens with two attached hydrogens (primary N) is 1. The average molecular weight is 442 g/mol. The number of nitrogens with zero attached hydrogens (tertiary/aromatic N) is 1. The summed E-state index contributed by atoms with van der Waals surface area (Å²) < 4.78 is 41.6. The smallest absolute Gasteiger partial charge is 0.267 e. The van der Waals surface area contributed by atoms with Gasteiger partial charge >= 0.3 is 0 Å². The number of pyridine rings is 1. The zero-order valence-corrected chi connectivity index (χ0v) is 18.5. The average Bonchev–Trinajstić information content (AvgIpc) is 2.68. The summed E-state index contributed by atoms with van der Waals surface area (Å²) in [5.41, 5.74) is 7.30. The van der Waals surface area contributed by atoms with E-state index < -0.39 is 21.7 Å². The molecule has 0 aliphatic heterocycles. The van der Waals surface area contributed by atoms with Gasteiger partial charge < -0.3 is 5.73 Å². The van der Waals surface area contributed by atoms with Crippen LogP contribution < -0.4 is 10.5 Å². The van der Waals surface area contributed by atoms with E-state index in [1.807, 2.05) is 20.8 Å². The molecule has 3 aromatic rings. The summed E-state index contributed by atoms with van der Waals surface area (Å²) >= 11 is 0. The zero-order chi connectivity index (χ0) is 23.0. The van der Waals surface area contributed by atoms with Crippen LogP contribution in [0.4, 0.5) is 10.1 Å². The maximum Gasteiger partial charge on any atom is 0.267 e. The van der Waals surface area contributed by atoms with Crippen molar-refractivity contribution < 1.29 is 17.6 Å². The van der Waals surface area contributed by atoms with Gasteiger partial charge in [-0.1, -0.05) is 39.0 Å². The third-order valence-corrected chi connectivity index (χ3v) is 6.08. The number of carbonyl (C=O) groups excluding carboxylic acids is 1. The zero-order valence-electron chi connectivity index (χ0n) is 17.7. The van der Waals surface area contributed by atoms with Crippen LogP contribution in [0.15, 0.2) is 59.5 Å². The minimum Gasteiger partial charge on any atom is -0.399 e. The molecule has 0 spiro atoms. The topological polar surface area (TPSA) is 102 Å². The lowest BCUT2D eigenvalue weighted by molar-refractivity contribution is 0.0981. The van der Waals surface area contributed by atoms with Gasteiger partial charge in [-0.05, 0) is 48.9 Å². The summed E-state index contributed by atoms with van der Waals surface area (Å²) in [4.78, 5) is 17.4. The monoisotopic (exact) mass is 441 g/mol. The van der Waals surface area contributed by atoms with Crippen LogP contribution in [0, 0.1) is 12.7 Å². The van der Waals surface area contributed by atoms with Gasteiger partial charge in [0.2, 0.25) is 0 Å². The van der Waals surface area contributed by atoms with E-state index in [2.05, 4.69) is 9.71 Å². The van der Waals surface area contributed by atoms with Gasteiger partial charge in [-0.3, -0.25) is 9.78 Å². The summed E-state index contributed by atoms with van der Waals surface area (Å²) in [6.07, 6.45) is 0.